The molecular formula is C19H20N2O3S. The highest BCUT2D eigenvalue weighted by Gasteiger charge is 2.31. The van der Waals surface area contributed by atoms with Gasteiger partial charge in [0.2, 0.25) is 5.91 Å². The lowest BCUT2D eigenvalue weighted by Crippen LogP contribution is -2.25. The molecule has 0 aliphatic carbocycles. The molecule has 5 nitrogen and oxygen atoms in total. The molecule has 0 radical (unpaired) electrons. The first-order chi connectivity index (χ1) is 12.5. The average molecular weight is 357 g/mol. The molecule has 2 aromatic rings. The number of hydrogen-bond donors (Lipinski definition) is 1. The second kappa shape index (κ2) is 8.16. The van der Waals surface area contributed by atoms with Crippen molar-refractivity contribution in [1.29, 1.82) is 0 Å². The van der Waals surface area contributed by atoms with Crippen LogP contribution in [-0.4, -0.2) is 28.0 Å². The smallest absolute Gasteiger partial charge is 0.286 e. The summed E-state index contributed by atoms with van der Waals surface area (Å²) in [5.74, 6) is 0.159. The van der Waals surface area contributed by atoms with Crippen LogP contribution in [0.25, 0.3) is 0 Å². The number of thioether (sulfide) groups is 1. The second-order valence-electron chi connectivity index (χ2n) is 5.70. The van der Waals surface area contributed by atoms with Gasteiger partial charge in [-0.05, 0) is 42.2 Å². The van der Waals surface area contributed by atoms with E-state index < -0.39 is 16.4 Å². The number of pyridine rings is 1. The Morgan fingerprint density at radius 1 is 1.20 bits per heavy atom. The monoisotopic (exact) mass is 357 g/mol. The number of carbonyl (C=O) groups excluding carboxylic acids is 2. The zero-order valence-electron chi connectivity index (χ0n) is 15.0. The van der Waals surface area contributed by atoms with Crippen LogP contribution in [0, 0.1) is 0 Å². The Morgan fingerprint density at radius 3 is 2.56 bits per heavy atom. The lowest BCUT2D eigenvalue weighted by molar-refractivity contribution is -0.118. The van der Waals surface area contributed by atoms with Gasteiger partial charge >= 0.3 is 0 Å². The Hall–Kier alpha value is -2.34. The van der Waals surface area contributed by atoms with E-state index in [2.05, 4.69) is 23.3 Å². The van der Waals surface area contributed by atoms with Gasteiger partial charge in [0.1, 0.15) is 5.75 Å². The maximum absolute atomic E-state index is 11.7. The standard InChI is InChI=1S/C19H20N2O3S/c1-2-13-3-6-15(20-12-13)9-10-24-16-7-4-14(5-8-16)11-17-18(22)21-19(23)25-17/h3-8,12,17H,2,9-11H2,1H3,(H,21,22,23)/i17D. The fourth-order valence-corrected chi connectivity index (χ4v) is 3.19. The molecule has 25 heavy (non-hydrogen) atoms. The summed E-state index contributed by atoms with van der Waals surface area (Å²) in [5, 5.41) is 0.199. The van der Waals surface area contributed by atoms with Gasteiger partial charge in [-0.15, -0.1) is 0 Å². The molecule has 3 rings (SSSR count). The number of aryl methyl sites for hydroxylation is 1. The number of ether oxygens (including phenoxy) is 1. The molecule has 0 spiro atoms. The summed E-state index contributed by atoms with van der Waals surface area (Å²) in [5.41, 5.74) is 3.01. The molecule has 2 amide bonds. The molecule has 1 aliphatic rings. The van der Waals surface area contributed by atoms with Crippen LogP contribution in [0.15, 0.2) is 42.6 Å². The van der Waals surface area contributed by atoms with Crippen LogP contribution < -0.4 is 10.1 Å². The summed E-state index contributed by atoms with van der Waals surface area (Å²) in [6.45, 7) is 2.62. The number of hydrogen-bond acceptors (Lipinski definition) is 5. The molecule has 1 N–H and O–H groups in total. The van der Waals surface area contributed by atoms with E-state index in [0.29, 0.717) is 6.61 Å². The van der Waals surface area contributed by atoms with Crippen LogP contribution in [0.2, 0.25) is 0 Å². The molecule has 0 bridgehead atoms. The molecule has 0 saturated carbocycles. The number of carbonyl (C=O) groups is 2. The highest BCUT2D eigenvalue weighted by molar-refractivity contribution is 8.15. The molecule has 1 saturated heterocycles. The van der Waals surface area contributed by atoms with Gasteiger partial charge in [0.15, 0.2) is 0 Å². The largest absolute Gasteiger partial charge is 0.493 e. The van der Waals surface area contributed by atoms with Crippen LogP contribution in [0.1, 0.15) is 25.1 Å². The summed E-state index contributed by atoms with van der Waals surface area (Å²) in [7, 11) is 0. The maximum Gasteiger partial charge on any atom is 0.286 e. The summed E-state index contributed by atoms with van der Waals surface area (Å²) in [4.78, 5) is 27.4. The van der Waals surface area contributed by atoms with E-state index in [4.69, 9.17) is 6.11 Å². The predicted octanol–water partition coefficient (Wildman–Crippen LogP) is 3.16. The first-order valence-electron chi connectivity index (χ1n) is 8.68. The van der Waals surface area contributed by atoms with Crippen LogP contribution in [-0.2, 0) is 24.1 Å². The summed E-state index contributed by atoms with van der Waals surface area (Å²) < 4.78 is 13.9. The van der Waals surface area contributed by atoms with E-state index >= 15 is 0 Å². The molecule has 1 aromatic heterocycles. The topological polar surface area (TPSA) is 68.3 Å². The molecule has 130 valence electrons. The highest BCUT2D eigenvalue weighted by atomic mass is 32.2. The molecule has 1 atom stereocenters. The Labute approximate surface area is 152 Å². The van der Waals surface area contributed by atoms with Crippen molar-refractivity contribution >= 4 is 22.9 Å². The SMILES string of the molecule is [2H]C1(Cc2ccc(OCCc3ccc(CC)cn3)cc2)SC(=O)NC1=O. The first-order valence-corrected chi connectivity index (χ1v) is 9.00. The van der Waals surface area contributed by atoms with Crippen molar-refractivity contribution in [2.75, 3.05) is 6.61 Å². The number of rotatable bonds is 7. The van der Waals surface area contributed by atoms with E-state index in [1.54, 1.807) is 0 Å². The van der Waals surface area contributed by atoms with Crippen molar-refractivity contribution in [2.45, 2.75) is 31.4 Å². The van der Waals surface area contributed by atoms with Crippen molar-refractivity contribution < 1.29 is 15.7 Å². The van der Waals surface area contributed by atoms with Crippen molar-refractivity contribution in [3.8, 4) is 5.75 Å². The molecule has 1 unspecified atom stereocenters. The minimum Gasteiger partial charge on any atom is -0.493 e. The van der Waals surface area contributed by atoms with Gasteiger partial charge in [-0.25, -0.2) is 0 Å². The van der Waals surface area contributed by atoms with Gasteiger partial charge in [0.05, 0.1) is 13.2 Å². The minimum absolute atomic E-state index is 0.170. The van der Waals surface area contributed by atoms with Crippen LogP contribution >= 0.6 is 11.8 Å². The number of nitrogens with one attached hydrogen (secondary N) is 1. The van der Waals surface area contributed by atoms with Crippen molar-refractivity contribution in [3.63, 3.8) is 0 Å². The first kappa shape index (κ1) is 16.1. The van der Waals surface area contributed by atoms with E-state index in [1.165, 1.54) is 5.56 Å². The third-order valence-corrected chi connectivity index (χ3v) is 4.76. The number of aromatic nitrogens is 1. The van der Waals surface area contributed by atoms with Gasteiger partial charge in [0.25, 0.3) is 5.24 Å². The third-order valence-electron chi connectivity index (χ3n) is 3.89. The summed E-state index contributed by atoms with van der Waals surface area (Å²) >= 11 is 0.718. The Morgan fingerprint density at radius 2 is 1.96 bits per heavy atom. The molecule has 2 heterocycles. The van der Waals surface area contributed by atoms with Crippen molar-refractivity contribution in [3.05, 3.63) is 59.4 Å². The normalized spacial score (nSPS) is 20.3. The quantitative estimate of drug-likeness (QED) is 0.824. The molecule has 1 aliphatic heterocycles. The van der Waals surface area contributed by atoms with Gasteiger partial charge in [-0.1, -0.05) is 36.9 Å². The summed E-state index contributed by atoms with van der Waals surface area (Å²) in [6.07, 6.45) is 3.76. The van der Waals surface area contributed by atoms with E-state index in [0.717, 1.165) is 41.6 Å². The Balaban J connectivity index is 1.51. The zero-order valence-corrected chi connectivity index (χ0v) is 14.8. The maximum atomic E-state index is 11.7. The third kappa shape index (κ3) is 4.82. The number of amides is 2. The van der Waals surface area contributed by atoms with Gasteiger partial charge < -0.3 is 4.74 Å². The van der Waals surface area contributed by atoms with E-state index in [-0.39, 0.29) is 6.42 Å². The van der Waals surface area contributed by atoms with Gasteiger partial charge in [0, 0.05) is 18.3 Å². The highest BCUT2D eigenvalue weighted by Crippen LogP contribution is 2.23. The summed E-state index contributed by atoms with van der Waals surface area (Å²) in [6, 6.07) is 11.4. The average Bonchev–Trinajstić information content (AvgIpc) is 2.88. The number of imide groups is 1. The Kier molecular flexibility index (Phi) is 5.27. The van der Waals surface area contributed by atoms with Crippen LogP contribution in [0.3, 0.4) is 0 Å². The predicted molar refractivity (Wildman–Crippen MR) is 97.9 cm³/mol. The lowest BCUT2D eigenvalue weighted by Gasteiger charge is -2.09. The second-order valence-corrected chi connectivity index (χ2v) is 6.77. The van der Waals surface area contributed by atoms with Gasteiger partial charge in [-0.3, -0.25) is 19.9 Å². The lowest BCUT2D eigenvalue weighted by atomic mass is 10.1. The molecule has 6 heteroatoms. The van der Waals surface area contributed by atoms with E-state index in [1.807, 2.05) is 36.5 Å². The van der Waals surface area contributed by atoms with Crippen molar-refractivity contribution in [1.82, 2.24) is 10.3 Å². The van der Waals surface area contributed by atoms with Gasteiger partial charge in [-0.2, -0.15) is 0 Å². The fraction of sp³-hybridized carbons (Fsp3) is 0.316. The Bertz CT molecular complexity index is 795. The minimum atomic E-state index is -1.49. The zero-order chi connectivity index (χ0) is 18.6. The number of nitrogens with zero attached hydrogens (tertiary/aromatic N) is 1. The van der Waals surface area contributed by atoms with E-state index in [9.17, 15) is 9.59 Å². The van der Waals surface area contributed by atoms with Crippen LogP contribution in [0.4, 0.5) is 4.79 Å². The molecular weight excluding hydrogens is 336 g/mol. The van der Waals surface area contributed by atoms with Crippen molar-refractivity contribution in [2.24, 2.45) is 0 Å². The molecule has 1 fully saturated rings. The fourth-order valence-electron chi connectivity index (χ4n) is 2.44. The van der Waals surface area contributed by atoms with Crippen LogP contribution in [0.5, 0.6) is 5.75 Å². The number of benzene rings is 1. The molecule has 1 aromatic carbocycles.